The molecule has 0 aliphatic heterocycles. The molecule has 2 rings (SSSR count). The Bertz CT molecular complexity index is 673. The van der Waals surface area contributed by atoms with Crippen LogP contribution in [0.2, 0.25) is 5.02 Å². The van der Waals surface area contributed by atoms with Gasteiger partial charge in [0.15, 0.2) is 17.6 Å². The highest BCUT2D eigenvalue weighted by Crippen LogP contribution is 2.27. The number of hydrogen-bond acceptors (Lipinski definition) is 3. The molecule has 2 aromatic rings. The largest absolute Gasteiger partial charge is 0.493 e. The molecule has 5 heteroatoms. The van der Waals surface area contributed by atoms with Gasteiger partial charge in [-0.1, -0.05) is 29.8 Å². The summed E-state index contributed by atoms with van der Waals surface area (Å²) in [5.74, 6) is 0.854. The van der Waals surface area contributed by atoms with Crippen LogP contribution in [-0.4, -0.2) is 19.1 Å². The van der Waals surface area contributed by atoms with Crippen molar-refractivity contribution < 1.29 is 14.3 Å². The van der Waals surface area contributed by atoms with Gasteiger partial charge in [-0.05, 0) is 43.7 Å². The quantitative estimate of drug-likeness (QED) is 0.904. The first-order chi connectivity index (χ1) is 10.5. The van der Waals surface area contributed by atoms with E-state index in [1.807, 2.05) is 25.1 Å². The second-order valence-corrected chi connectivity index (χ2v) is 5.30. The van der Waals surface area contributed by atoms with Gasteiger partial charge in [0.05, 0.1) is 7.11 Å². The monoisotopic (exact) mass is 319 g/mol. The van der Waals surface area contributed by atoms with Gasteiger partial charge in [-0.3, -0.25) is 4.79 Å². The number of para-hydroxylation sites is 2. The Morgan fingerprint density at radius 2 is 1.86 bits per heavy atom. The van der Waals surface area contributed by atoms with Crippen LogP contribution in [0.5, 0.6) is 11.5 Å². The van der Waals surface area contributed by atoms with Crippen molar-refractivity contribution in [3.8, 4) is 11.5 Å². The third kappa shape index (κ3) is 3.92. The number of ether oxygens (including phenoxy) is 2. The van der Waals surface area contributed by atoms with Crippen LogP contribution in [0.15, 0.2) is 42.5 Å². The molecule has 0 aliphatic rings. The van der Waals surface area contributed by atoms with Crippen LogP contribution < -0.4 is 14.8 Å². The van der Waals surface area contributed by atoms with E-state index < -0.39 is 6.10 Å². The normalized spacial score (nSPS) is 11.6. The molecule has 2 aromatic carbocycles. The summed E-state index contributed by atoms with van der Waals surface area (Å²) in [7, 11) is 1.56. The summed E-state index contributed by atoms with van der Waals surface area (Å²) in [6.45, 7) is 3.58. The standard InChI is InChI=1S/C17H18ClNO3/c1-11-8-9-13(18)10-14(11)19-17(20)12(2)22-16-7-5-4-6-15(16)21-3/h4-10,12H,1-3H3,(H,19,20)/t12-/m0/s1. The average Bonchev–Trinajstić information content (AvgIpc) is 2.51. The lowest BCUT2D eigenvalue weighted by molar-refractivity contribution is -0.122. The van der Waals surface area contributed by atoms with E-state index in [4.69, 9.17) is 21.1 Å². The van der Waals surface area contributed by atoms with Gasteiger partial charge in [0.2, 0.25) is 0 Å². The molecule has 4 nitrogen and oxygen atoms in total. The van der Waals surface area contributed by atoms with Crippen molar-refractivity contribution in [3.63, 3.8) is 0 Å². The predicted molar refractivity (Wildman–Crippen MR) is 87.9 cm³/mol. The van der Waals surface area contributed by atoms with Crippen LogP contribution >= 0.6 is 11.6 Å². The lowest BCUT2D eigenvalue weighted by Gasteiger charge is -2.17. The summed E-state index contributed by atoms with van der Waals surface area (Å²) in [5.41, 5.74) is 1.61. The van der Waals surface area contributed by atoms with Crippen molar-refractivity contribution in [3.05, 3.63) is 53.1 Å². The van der Waals surface area contributed by atoms with Crippen LogP contribution in [-0.2, 0) is 4.79 Å². The second-order valence-electron chi connectivity index (χ2n) is 4.86. The lowest BCUT2D eigenvalue weighted by atomic mass is 10.2. The fourth-order valence-corrected chi connectivity index (χ4v) is 2.10. The summed E-state index contributed by atoms with van der Waals surface area (Å²) in [6.07, 6.45) is -0.672. The summed E-state index contributed by atoms with van der Waals surface area (Å²) in [4.78, 5) is 12.3. The average molecular weight is 320 g/mol. The Hall–Kier alpha value is -2.20. The molecule has 0 unspecified atom stereocenters. The molecule has 1 amide bonds. The van der Waals surface area contributed by atoms with Crippen molar-refractivity contribution >= 4 is 23.2 Å². The number of carbonyl (C=O) groups excluding carboxylic acids is 1. The first kappa shape index (κ1) is 16.2. The van der Waals surface area contributed by atoms with E-state index in [9.17, 15) is 4.79 Å². The second kappa shape index (κ2) is 7.18. The van der Waals surface area contributed by atoms with Gasteiger partial charge in [0.1, 0.15) is 0 Å². The van der Waals surface area contributed by atoms with Gasteiger partial charge in [0, 0.05) is 10.7 Å². The number of benzene rings is 2. The summed E-state index contributed by atoms with van der Waals surface area (Å²) in [6, 6.07) is 12.5. The zero-order valence-electron chi connectivity index (χ0n) is 12.7. The number of anilines is 1. The topological polar surface area (TPSA) is 47.6 Å². The summed E-state index contributed by atoms with van der Waals surface area (Å²) < 4.78 is 10.9. The minimum atomic E-state index is -0.672. The number of rotatable bonds is 5. The number of amides is 1. The molecule has 0 spiro atoms. The maximum absolute atomic E-state index is 12.3. The van der Waals surface area contributed by atoms with Gasteiger partial charge >= 0.3 is 0 Å². The Labute approximate surface area is 135 Å². The SMILES string of the molecule is COc1ccccc1O[C@@H](C)C(=O)Nc1cc(Cl)ccc1C. The molecule has 1 atom stereocenters. The number of methoxy groups -OCH3 is 1. The minimum Gasteiger partial charge on any atom is -0.493 e. The van der Waals surface area contributed by atoms with Crippen molar-refractivity contribution in [2.24, 2.45) is 0 Å². The van der Waals surface area contributed by atoms with Crippen LogP contribution in [0.25, 0.3) is 0 Å². The zero-order valence-corrected chi connectivity index (χ0v) is 13.5. The Balaban J connectivity index is 2.07. The highest BCUT2D eigenvalue weighted by Gasteiger charge is 2.17. The predicted octanol–water partition coefficient (Wildman–Crippen LogP) is 4.06. The molecule has 0 heterocycles. The van der Waals surface area contributed by atoms with Crippen LogP contribution in [0, 0.1) is 6.92 Å². The molecule has 0 saturated heterocycles. The molecule has 0 aromatic heterocycles. The Morgan fingerprint density at radius 3 is 2.55 bits per heavy atom. The first-order valence-electron chi connectivity index (χ1n) is 6.88. The van der Waals surface area contributed by atoms with Crippen molar-refractivity contribution in [2.45, 2.75) is 20.0 Å². The number of halogens is 1. The molecule has 0 saturated carbocycles. The van der Waals surface area contributed by atoms with E-state index in [0.29, 0.717) is 22.2 Å². The van der Waals surface area contributed by atoms with Gasteiger partial charge < -0.3 is 14.8 Å². The van der Waals surface area contributed by atoms with E-state index in [-0.39, 0.29) is 5.91 Å². The van der Waals surface area contributed by atoms with Crippen molar-refractivity contribution in [2.75, 3.05) is 12.4 Å². The number of nitrogens with one attached hydrogen (secondary N) is 1. The Kier molecular flexibility index (Phi) is 5.28. The van der Waals surface area contributed by atoms with Gasteiger partial charge in [-0.15, -0.1) is 0 Å². The maximum Gasteiger partial charge on any atom is 0.265 e. The fraction of sp³-hybridized carbons (Fsp3) is 0.235. The zero-order chi connectivity index (χ0) is 16.1. The Morgan fingerprint density at radius 1 is 1.18 bits per heavy atom. The molecule has 0 bridgehead atoms. The smallest absolute Gasteiger partial charge is 0.265 e. The third-order valence-electron chi connectivity index (χ3n) is 3.20. The van der Waals surface area contributed by atoms with E-state index in [1.54, 1.807) is 38.3 Å². The van der Waals surface area contributed by atoms with Crippen molar-refractivity contribution in [1.29, 1.82) is 0 Å². The van der Waals surface area contributed by atoms with Crippen LogP contribution in [0.4, 0.5) is 5.69 Å². The molecule has 22 heavy (non-hydrogen) atoms. The van der Waals surface area contributed by atoms with E-state index >= 15 is 0 Å². The molecule has 0 radical (unpaired) electrons. The molecule has 1 N–H and O–H groups in total. The lowest BCUT2D eigenvalue weighted by Crippen LogP contribution is -2.30. The molecular weight excluding hydrogens is 302 g/mol. The van der Waals surface area contributed by atoms with Gasteiger partial charge in [-0.25, -0.2) is 0 Å². The molecular formula is C17H18ClNO3. The highest BCUT2D eigenvalue weighted by atomic mass is 35.5. The molecule has 116 valence electrons. The molecule has 0 fully saturated rings. The van der Waals surface area contributed by atoms with Crippen molar-refractivity contribution in [1.82, 2.24) is 0 Å². The number of hydrogen-bond donors (Lipinski definition) is 1. The summed E-state index contributed by atoms with van der Waals surface area (Å²) >= 11 is 5.95. The molecule has 0 aliphatic carbocycles. The minimum absolute atomic E-state index is 0.253. The first-order valence-corrected chi connectivity index (χ1v) is 7.25. The number of carbonyl (C=O) groups is 1. The fourth-order valence-electron chi connectivity index (χ4n) is 1.92. The maximum atomic E-state index is 12.3. The highest BCUT2D eigenvalue weighted by molar-refractivity contribution is 6.31. The summed E-state index contributed by atoms with van der Waals surface area (Å²) in [5, 5.41) is 3.39. The van der Waals surface area contributed by atoms with E-state index in [2.05, 4.69) is 5.32 Å². The van der Waals surface area contributed by atoms with Gasteiger partial charge in [0.25, 0.3) is 5.91 Å². The van der Waals surface area contributed by atoms with E-state index in [0.717, 1.165) is 5.56 Å². The third-order valence-corrected chi connectivity index (χ3v) is 3.43. The number of aryl methyl sites for hydroxylation is 1. The van der Waals surface area contributed by atoms with Crippen LogP contribution in [0.1, 0.15) is 12.5 Å². The van der Waals surface area contributed by atoms with E-state index in [1.165, 1.54) is 0 Å². The van der Waals surface area contributed by atoms with Crippen LogP contribution in [0.3, 0.4) is 0 Å². The van der Waals surface area contributed by atoms with Gasteiger partial charge in [-0.2, -0.15) is 0 Å².